The number of nitrogens with zero attached hydrogens (tertiary/aromatic N) is 4. The second-order valence-electron chi connectivity index (χ2n) is 9.38. The smallest absolute Gasteiger partial charge is 0.247 e. The fourth-order valence-electron chi connectivity index (χ4n) is 4.84. The van der Waals surface area contributed by atoms with E-state index in [0.29, 0.717) is 19.7 Å². The number of hydrogen-bond donors (Lipinski definition) is 1. The van der Waals surface area contributed by atoms with Crippen LogP contribution in [0, 0.1) is 6.92 Å². The van der Waals surface area contributed by atoms with Crippen molar-refractivity contribution in [1.82, 2.24) is 25.2 Å². The van der Waals surface area contributed by atoms with Gasteiger partial charge in [-0.2, -0.15) is 0 Å². The van der Waals surface area contributed by atoms with Gasteiger partial charge >= 0.3 is 0 Å². The van der Waals surface area contributed by atoms with Crippen molar-refractivity contribution in [2.75, 3.05) is 13.2 Å². The van der Waals surface area contributed by atoms with Crippen LogP contribution in [0.15, 0.2) is 78.9 Å². The molecule has 1 fully saturated rings. The number of hydrogen-bond acceptors (Lipinski definition) is 5. The molecule has 1 saturated heterocycles. The monoisotopic (exact) mass is 497 g/mol. The molecule has 4 aromatic rings. The Morgan fingerprint density at radius 1 is 1.05 bits per heavy atom. The number of ether oxygens (including phenoxy) is 1. The molecule has 1 N–H and O–H groups in total. The van der Waals surface area contributed by atoms with Crippen molar-refractivity contribution >= 4 is 22.8 Å². The Kier molecular flexibility index (Phi) is 7.56. The van der Waals surface area contributed by atoms with Crippen molar-refractivity contribution in [2.24, 2.45) is 0 Å². The highest BCUT2D eigenvalue weighted by Gasteiger charge is 2.35. The summed E-state index contributed by atoms with van der Waals surface area (Å²) in [4.78, 5) is 29.4. The number of fused-ring (bicyclic) bond motifs is 1. The summed E-state index contributed by atoms with van der Waals surface area (Å²) in [7, 11) is 0. The van der Waals surface area contributed by atoms with E-state index < -0.39 is 6.04 Å². The lowest BCUT2D eigenvalue weighted by Gasteiger charge is -2.34. The minimum Gasteiger partial charge on any atom is -0.376 e. The normalized spacial score (nSPS) is 16.0. The molecular formula is C29H31N5O3. The molecule has 8 nitrogen and oxygen atoms in total. The van der Waals surface area contributed by atoms with Gasteiger partial charge in [0.1, 0.15) is 18.1 Å². The Hall–Kier alpha value is -4.04. The zero-order chi connectivity index (χ0) is 25.6. The number of amides is 2. The van der Waals surface area contributed by atoms with Crippen LogP contribution in [0.3, 0.4) is 0 Å². The van der Waals surface area contributed by atoms with Gasteiger partial charge in [-0.3, -0.25) is 9.59 Å². The molecule has 190 valence electrons. The Bertz CT molecular complexity index is 1360. The molecule has 0 spiro atoms. The van der Waals surface area contributed by atoms with Gasteiger partial charge in [0.25, 0.3) is 0 Å². The summed E-state index contributed by atoms with van der Waals surface area (Å²) in [6.45, 7) is 3.30. The Morgan fingerprint density at radius 2 is 1.81 bits per heavy atom. The van der Waals surface area contributed by atoms with Gasteiger partial charge in [-0.15, -0.1) is 5.10 Å². The number of benzene rings is 3. The summed E-state index contributed by atoms with van der Waals surface area (Å²) >= 11 is 0. The molecule has 8 heteroatoms. The highest BCUT2D eigenvalue weighted by molar-refractivity contribution is 5.89. The van der Waals surface area contributed by atoms with Crippen molar-refractivity contribution in [2.45, 2.75) is 45.0 Å². The van der Waals surface area contributed by atoms with E-state index in [1.54, 1.807) is 9.58 Å². The largest absolute Gasteiger partial charge is 0.376 e. The van der Waals surface area contributed by atoms with Crippen molar-refractivity contribution < 1.29 is 14.3 Å². The average molecular weight is 498 g/mol. The summed E-state index contributed by atoms with van der Waals surface area (Å²) in [5, 5.41) is 11.5. The first kappa shape index (κ1) is 24.6. The van der Waals surface area contributed by atoms with E-state index in [1.165, 1.54) is 0 Å². The van der Waals surface area contributed by atoms with Crippen molar-refractivity contribution in [3.8, 4) is 0 Å². The van der Waals surface area contributed by atoms with Gasteiger partial charge in [-0.1, -0.05) is 71.9 Å². The maximum Gasteiger partial charge on any atom is 0.247 e. The molecule has 5 rings (SSSR count). The summed E-state index contributed by atoms with van der Waals surface area (Å²) < 4.78 is 7.50. The quantitative estimate of drug-likeness (QED) is 0.380. The van der Waals surface area contributed by atoms with E-state index in [1.807, 2.05) is 85.8 Å². The molecule has 0 saturated carbocycles. The molecule has 0 radical (unpaired) electrons. The van der Waals surface area contributed by atoms with Crippen LogP contribution in [0.1, 0.15) is 35.6 Å². The van der Waals surface area contributed by atoms with E-state index >= 15 is 0 Å². The number of para-hydroxylation sites is 1. The first-order valence-corrected chi connectivity index (χ1v) is 12.7. The van der Waals surface area contributed by atoms with E-state index in [2.05, 4.69) is 15.6 Å². The maximum atomic E-state index is 13.9. The van der Waals surface area contributed by atoms with Gasteiger partial charge in [0.15, 0.2) is 0 Å². The molecule has 2 atom stereocenters. The van der Waals surface area contributed by atoms with Gasteiger partial charge in [0, 0.05) is 19.7 Å². The van der Waals surface area contributed by atoms with Crippen LogP contribution in [0.2, 0.25) is 0 Å². The third-order valence-electron chi connectivity index (χ3n) is 6.80. The molecule has 3 aromatic carbocycles. The highest BCUT2D eigenvalue weighted by Crippen LogP contribution is 2.27. The zero-order valence-electron chi connectivity index (χ0n) is 20.9. The predicted octanol–water partition coefficient (Wildman–Crippen LogP) is 3.81. The fraction of sp³-hybridized carbons (Fsp3) is 0.310. The van der Waals surface area contributed by atoms with E-state index in [-0.39, 0.29) is 24.5 Å². The minimum absolute atomic E-state index is 0.0262. The van der Waals surface area contributed by atoms with Crippen LogP contribution < -0.4 is 5.32 Å². The average Bonchev–Trinajstić information content (AvgIpc) is 3.59. The summed E-state index contributed by atoms with van der Waals surface area (Å²) in [5.41, 5.74) is 4.22. The third kappa shape index (κ3) is 5.70. The van der Waals surface area contributed by atoms with Crippen LogP contribution in [0.4, 0.5) is 0 Å². The zero-order valence-corrected chi connectivity index (χ0v) is 20.9. The lowest BCUT2D eigenvalue weighted by atomic mass is 9.98. The van der Waals surface area contributed by atoms with Crippen LogP contribution >= 0.6 is 0 Å². The fourth-order valence-corrected chi connectivity index (χ4v) is 4.84. The molecule has 1 aliphatic heterocycles. The Labute approximate surface area is 216 Å². The van der Waals surface area contributed by atoms with Gasteiger partial charge < -0.3 is 15.0 Å². The summed E-state index contributed by atoms with van der Waals surface area (Å²) in [6, 6.07) is 24.2. The van der Waals surface area contributed by atoms with Crippen molar-refractivity contribution in [1.29, 1.82) is 0 Å². The van der Waals surface area contributed by atoms with Crippen LogP contribution in [0.5, 0.6) is 0 Å². The second-order valence-corrected chi connectivity index (χ2v) is 9.38. The number of rotatable bonds is 9. The molecule has 1 aliphatic rings. The Morgan fingerprint density at radius 3 is 2.59 bits per heavy atom. The molecule has 1 aromatic heterocycles. The first-order valence-electron chi connectivity index (χ1n) is 12.7. The van der Waals surface area contributed by atoms with Gasteiger partial charge in [0.2, 0.25) is 11.8 Å². The lowest BCUT2D eigenvalue weighted by molar-refractivity contribution is -0.143. The molecule has 2 amide bonds. The van der Waals surface area contributed by atoms with Crippen LogP contribution in [0.25, 0.3) is 11.0 Å². The minimum atomic E-state index is -0.809. The van der Waals surface area contributed by atoms with Crippen LogP contribution in [-0.2, 0) is 27.4 Å². The summed E-state index contributed by atoms with van der Waals surface area (Å²) in [5.74, 6) is -0.442. The predicted molar refractivity (Wildman–Crippen MR) is 140 cm³/mol. The summed E-state index contributed by atoms with van der Waals surface area (Å²) in [6.07, 6.45) is 1.67. The molecule has 0 unspecified atom stereocenters. The highest BCUT2D eigenvalue weighted by atomic mass is 16.5. The van der Waals surface area contributed by atoms with E-state index in [9.17, 15) is 9.59 Å². The lowest BCUT2D eigenvalue weighted by Crippen LogP contribution is -2.48. The standard InChI is InChI=1S/C29H31N5O3/c1-21-10-5-6-14-24(21)28(29(36)30-18-22-11-3-2-4-12-22)33(19-23-13-9-17-37-23)27(35)20-34-26-16-8-7-15-25(26)31-32-34/h2-8,10-12,14-16,23,28H,9,13,17-20H2,1H3,(H,30,36)/t23-,28+/m0/s1. The van der Waals surface area contributed by atoms with Gasteiger partial charge in [0.05, 0.1) is 11.6 Å². The first-order chi connectivity index (χ1) is 18.1. The van der Waals surface area contributed by atoms with Gasteiger partial charge in [-0.25, -0.2) is 4.68 Å². The number of carbonyl (C=O) groups excluding carboxylic acids is 2. The molecule has 0 aliphatic carbocycles. The number of nitrogens with one attached hydrogen (secondary N) is 1. The number of carbonyl (C=O) groups is 2. The third-order valence-corrected chi connectivity index (χ3v) is 6.80. The van der Waals surface area contributed by atoms with E-state index in [4.69, 9.17) is 4.74 Å². The molecule has 2 heterocycles. The second kappa shape index (κ2) is 11.3. The molecular weight excluding hydrogens is 466 g/mol. The van der Waals surface area contributed by atoms with Crippen molar-refractivity contribution in [3.05, 3.63) is 95.6 Å². The maximum absolute atomic E-state index is 13.9. The van der Waals surface area contributed by atoms with E-state index in [0.717, 1.165) is 40.6 Å². The Balaban J connectivity index is 1.48. The number of aromatic nitrogens is 3. The van der Waals surface area contributed by atoms with Gasteiger partial charge in [-0.05, 0) is 48.6 Å². The van der Waals surface area contributed by atoms with Crippen LogP contribution in [-0.4, -0.2) is 51.0 Å². The molecule has 0 bridgehead atoms. The topological polar surface area (TPSA) is 89.4 Å². The van der Waals surface area contributed by atoms with Crippen molar-refractivity contribution in [3.63, 3.8) is 0 Å². The number of aryl methyl sites for hydroxylation is 1. The molecule has 37 heavy (non-hydrogen) atoms. The SMILES string of the molecule is Cc1ccccc1[C@H](C(=O)NCc1ccccc1)N(C[C@@H]1CCCO1)C(=O)Cn1nnc2ccccc21.